The first-order chi connectivity index (χ1) is 4.61. The summed E-state index contributed by atoms with van der Waals surface area (Å²) < 4.78 is 2.54. The van der Waals surface area contributed by atoms with E-state index in [-0.39, 0.29) is 0 Å². The zero-order valence-corrected chi connectivity index (χ0v) is 7.88. The molecule has 0 atom stereocenters. The van der Waals surface area contributed by atoms with Crippen molar-refractivity contribution in [1.82, 2.24) is 14.8 Å². The van der Waals surface area contributed by atoms with Gasteiger partial charge in [-0.3, -0.25) is 4.68 Å². The third-order valence-corrected chi connectivity index (χ3v) is 1.60. The Hall–Kier alpha value is -0.315. The lowest BCUT2D eigenvalue weighted by Gasteiger charge is -2.04. The molecular formula is C5H9BBrN3. The van der Waals surface area contributed by atoms with Crippen molar-refractivity contribution in [3.05, 3.63) is 4.73 Å². The quantitative estimate of drug-likeness (QED) is 0.594. The Bertz CT molecular complexity index is 233. The molecule has 1 heterocycles. The molecule has 0 aliphatic carbocycles. The molecule has 1 aromatic rings. The van der Waals surface area contributed by atoms with Crippen LogP contribution < -0.4 is 5.72 Å². The molecule has 0 fully saturated rings. The predicted molar refractivity (Wildman–Crippen MR) is 46.3 cm³/mol. The normalized spacial score (nSPS) is 10.8. The standard InChI is InChI=1S/C5H9BBrN3/c1-3(2)10-4(6)8-5(7)9-10/h3H,6H2,1-2H3. The Morgan fingerprint density at radius 1 is 1.60 bits per heavy atom. The summed E-state index contributed by atoms with van der Waals surface area (Å²) >= 11 is 3.21. The molecule has 0 saturated carbocycles. The van der Waals surface area contributed by atoms with Gasteiger partial charge in [0.25, 0.3) is 0 Å². The van der Waals surface area contributed by atoms with Gasteiger partial charge in [0.2, 0.25) is 4.73 Å². The second-order valence-electron chi connectivity index (χ2n) is 2.47. The molecular weight excluding hydrogens is 193 g/mol. The van der Waals surface area contributed by atoms with Crippen molar-refractivity contribution in [3.63, 3.8) is 0 Å². The van der Waals surface area contributed by atoms with Gasteiger partial charge in [-0.15, -0.1) is 5.10 Å². The number of hydrogen-bond donors (Lipinski definition) is 0. The van der Waals surface area contributed by atoms with Crippen LogP contribution in [0.4, 0.5) is 0 Å². The molecule has 0 amide bonds. The topological polar surface area (TPSA) is 30.7 Å². The lowest BCUT2D eigenvalue weighted by molar-refractivity contribution is 0.543. The lowest BCUT2D eigenvalue weighted by Crippen LogP contribution is -2.21. The van der Waals surface area contributed by atoms with E-state index in [0.717, 1.165) is 5.72 Å². The van der Waals surface area contributed by atoms with E-state index in [1.807, 2.05) is 12.5 Å². The fraction of sp³-hybridized carbons (Fsp3) is 0.600. The molecule has 0 spiro atoms. The van der Waals surface area contributed by atoms with Crippen molar-refractivity contribution >= 4 is 29.5 Å². The second-order valence-corrected chi connectivity index (χ2v) is 3.18. The number of aromatic nitrogens is 3. The van der Waals surface area contributed by atoms with Crippen LogP contribution in [-0.2, 0) is 0 Å². The van der Waals surface area contributed by atoms with E-state index < -0.39 is 0 Å². The summed E-state index contributed by atoms with van der Waals surface area (Å²) in [5, 5.41) is 4.13. The van der Waals surface area contributed by atoms with Crippen LogP contribution in [0.1, 0.15) is 19.9 Å². The minimum absolute atomic E-state index is 0.388. The Morgan fingerprint density at radius 3 is 2.40 bits per heavy atom. The van der Waals surface area contributed by atoms with E-state index >= 15 is 0 Å². The molecule has 54 valence electrons. The maximum absolute atomic E-state index is 4.13. The van der Waals surface area contributed by atoms with Gasteiger partial charge in [-0.25, -0.2) is 4.98 Å². The third kappa shape index (κ3) is 1.40. The van der Waals surface area contributed by atoms with Crippen LogP contribution in [0.3, 0.4) is 0 Å². The van der Waals surface area contributed by atoms with E-state index in [0.29, 0.717) is 10.8 Å². The zero-order chi connectivity index (χ0) is 7.72. The molecule has 0 aliphatic heterocycles. The zero-order valence-electron chi connectivity index (χ0n) is 6.30. The van der Waals surface area contributed by atoms with Gasteiger partial charge >= 0.3 is 0 Å². The summed E-state index contributed by atoms with van der Waals surface area (Å²) in [5.74, 6) is 0. The van der Waals surface area contributed by atoms with E-state index in [2.05, 4.69) is 39.9 Å². The fourth-order valence-corrected chi connectivity index (χ4v) is 1.28. The molecule has 1 aromatic heterocycles. The first kappa shape index (κ1) is 7.79. The maximum Gasteiger partial charge on any atom is 0.216 e. The highest BCUT2D eigenvalue weighted by Crippen LogP contribution is 2.02. The van der Waals surface area contributed by atoms with Crippen molar-refractivity contribution in [2.45, 2.75) is 19.9 Å². The molecule has 0 unspecified atom stereocenters. The van der Waals surface area contributed by atoms with E-state index in [9.17, 15) is 0 Å². The lowest BCUT2D eigenvalue weighted by atomic mass is 10.1. The predicted octanol–water partition coefficient (Wildman–Crippen LogP) is -0.120. The summed E-state index contributed by atoms with van der Waals surface area (Å²) in [4.78, 5) is 4.10. The fourth-order valence-electron chi connectivity index (χ4n) is 0.858. The van der Waals surface area contributed by atoms with Crippen molar-refractivity contribution < 1.29 is 0 Å². The molecule has 5 heteroatoms. The first-order valence-electron chi connectivity index (χ1n) is 3.20. The van der Waals surface area contributed by atoms with Crippen molar-refractivity contribution in [2.24, 2.45) is 0 Å². The highest BCUT2D eigenvalue weighted by molar-refractivity contribution is 9.10. The smallest absolute Gasteiger partial charge is 0.216 e. The van der Waals surface area contributed by atoms with Crippen LogP contribution in [-0.4, -0.2) is 22.6 Å². The summed E-state index contributed by atoms with van der Waals surface area (Å²) in [7, 11) is 1.94. The highest BCUT2D eigenvalue weighted by Gasteiger charge is 2.04. The molecule has 0 bridgehead atoms. The third-order valence-electron chi connectivity index (χ3n) is 1.27. The van der Waals surface area contributed by atoms with E-state index in [1.165, 1.54) is 0 Å². The summed E-state index contributed by atoms with van der Waals surface area (Å²) in [6, 6.07) is 0.388. The largest absolute Gasteiger partial charge is 0.257 e. The minimum atomic E-state index is 0.388. The Kier molecular flexibility index (Phi) is 2.13. The van der Waals surface area contributed by atoms with E-state index in [4.69, 9.17) is 0 Å². The molecule has 0 aliphatic rings. The van der Waals surface area contributed by atoms with Crippen molar-refractivity contribution in [1.29, 1.82) is 0 Å². The summed E-state index contributed by atoms with van der Waals surface area (Å²) in [5.41, 5.74) is 0.946. The van der Waals surface area contributed by atoms with Crippen LogP contribution in [0.5, 0.6) is 0 Å². The van der Waals surface area contributed by atoms with E-state index in [1.54, 1.807) is 0 Å². The number of hydrogen-bond acceptors (Lipinski definition) is 2. The van der Waals surface area contributed by atoms with Gasteiger partial charge in [0, 0.05) is 6.04 Å². The highest BCUT2D eigenvalue weighted by atomic mass is 79.9. The van der Waals surface area contributed by atoms with Gasteiger partial charge in [-0.1, -0.05) is 0 Å². The molecule has 0 aromatic carbocycles. The van der Waals surface area contributed by atoms with Crippen LogP contribution in [0.25, 0.3) is 0 Å². The first-order valence-corrected chi connectivity index (χ1v) is 3.99. The summed E-state index contributed by atoms with van der Waals surface area (Å²) in [6.45, 7) is 4.16. The SMILES string of the molecule is Bc1nc(Br)nn1C(C)C. The van der Waals surface area contributed by atoms with Gasteiger partial charge < -0.3 is 0 Å². The van der Waals surface area contributed by atoms with Gasteiger partial charge in [0.05, 0.1) is 5.72 Å². The van der Waals surface area contributed by atoms with Gasteiger partial charge in [-0.2, -0.15) is 0 Å². The second kappa shape index (κ2) is 2.74. The Morgan fingerprint density at radius 2 is 2.20 bits per heavy atom. The van der Waals surface area contributed by atoms with Gasteiger partial charge in [-0.05, 0) is 29.8 Å². The molecule has 3 nitrogen and oxygen atoms in total. The van der Waals surface area contributed by atoms with Crippen LogP contribution >= 0.6 is 15.9 Å². The minimum Gasteiger partial charge on any atom is -0.257 e. The molecule has 10 heavy (non-hydrogen) atoms. The average Bonchev–Trinajstić information content (AvgIpc) is 2.10. The van der Waals surface area contributed by atoms with Gasteiger partial charge in [0.15, 0.2) is 7.85 Å². The van der Waals surface area contributed by atoms with Crippen molar-refractivity contribution in [3.8, 4) is 0 Å². The van der Waals surface area contributed by atoms with Crippen LogP contribution in [0.15, 0.2) is 4.73 Å². The summed E-state index contributed by atoms with van der Waals surface area (Å²) in [6.07, 6.45) is 0. The Labute approximate surface area is 69.4 Å². The van der Waals surface area contributed by atoms with Crippen LogP contribution in [0, 0.1) is 0 Å². The van der Waals surface area contributed by atoms with Crippen LogP contribution in [0.2, 0.25) is 0 Å². The number of nitrogens with zero attached hydrogens (tertiary/aromatic N) is 3. The van der Waals surface area contributed by atoms with Crippen molar-refractivity contribution in [2.75, 3.05) is 0 Å². The molecule has 0 saturated heterocycles. The average molecular weight is 202 g/mol. The number of halogens is 1. The Balaban J connectivity index is 3.03. The van der Waals surface area contributed by atoms with Gasteiger partial charge in [0.1, 0.15) is 0 Å². The maximum atomic E-state index is 4.13. The number of rotatable bonds is 1. The molecule has 0 radical (unpaired) electrons. The molecule has 1 rings (SSSR count). The molecule has 0 N–H and O–H groups in total. The monoisotopic (exact) mass is 201 g/mol.